The highest BCUT2D eigenvalue weighted by atomic mass is 32.1. The van der Waals surface area contributed by atoms with Crippen LogP contribution in [0.3, 0.4) is 0 Å². The molecule has 1 aliphatic carbocycles. The van der Waals surface area contributed by atoms with E-state index >= 15 is 0 Å². The maximum absolute atomic E-state index is 12.2. The summed E-state index contributed by atoms with van der Waals surface area (Å²) in [4.78, 5) is 15.2. The van der Waals surface area contributed by atoms with Crippen LogP contribution in [-0.2, 0) is 19.4 Å². The van der Waals surface area contributed by atoms with Gasteiger partial charge < -0.3 is 9.55 Å². The van der Waals surface area contributed by atoms with E-state index in [-0.39, 0.29) is 5.56 Å². The number of hydrogen-bond acceptors (Lipinski definition) is 3. The molecule has 0 unspecified atom stereocenters. The number of hydrogen-bond donors (Lipinski definition) is 2. The van der Waals surface area contributed by atoms with E-state index in [1.807, 2.05) is 10.6 Å². The summed E-state index contributed by atoms with van der Waals surface area (Å²) in [6.45, 7) is 2.84. The van der Waals surface area contributed by atoms with Gasteiger partial charge >= 0.3 is 0 Å². The molecule has 0 spiro atoms. The molecule has 6 heteroatoms. The average Bonchev–Trinajstić information content (AvgIpc) is 2.97. The zero-order chi connectivity index (χ0) is 13.4. The molecule has 0 radical (unpaired) electrons. The number of nitrogens with zero attached hydrogens (tertiary/aromatic N) is 2. The first kappa shape index (κ1) is 12.3. The summed E-state index contributed by atoms with van der Waals surface area (Å²) in [5.41, 5.74) is 2.84. The topological polar surface area (TPSA) is 66.5 Å². The number of rotatable bonds is 3. The van der Waals surface area contributed by atoms with Gasteiger partial charge in [0, 0.05) is 12.2 Å². The Morgan fingerprint density at radius 3 is 3.11 bits per heavy atom. The van der Waals surface area contributed by atoms with Gasteiger partial charge in [-0.1, -0.05) is 6.92 Å². The summed E-state index contributed by atoms with van der Waals surface area (Å²) in [6.07, 6.45) is 4.05. The van der Waals surface area contributed by atoms with Gasteiger partial charge in [0.05, 0.1) is 5.56 Å². The molecule has 3 rings (SSSR count). The molecule has 2 aromatic rings. The Bertz CT molecular complexity index is 725. The molecule has 100 valence electrons. The highest BCUT2D eigenvalue weighted by Gasteiger charge is 2.18. The summed E-state index contributed by atoms with van der Waals surface area (Å²) in [6, 6.07) is 1.97. The predicted molar refractivity (Wildman–Crippen MR) is 75.8 cm³/mol. The molecule has 0 aliphatic heterocycles. The van der Waals surface area contributed by atoms with Crippen LogP contribution in [0.15, 0.2) is 10.9 Å². The zero-order valence-corrected chi connectivity index (χ0v) is 11.6. The number of aromatic nitrogens is 4. The molecule has 2 heterocycles. The maximum atomic E-state index is 12.2. The standard InChI is InChI=1S/C13H16N4OS/c1-2-6-17-11(15-16-13(17)19)9-7-8-4-3-5-10(8)14-12(9)18/h7H,2-6H2,1H3,(H,14,18)(H,16,19). The van der Waals surface area contributed by atoms with Gasteiger partial charge in [0.25, 0.3) is 5.56 Å². The molecular formula is C13H16N4OS. The van der Waals surface area contributed by atoms with E-state index in [0.29, 0.717) is 16.2 Å². The summed E-state index contributed by atoms with van der Waals surface area (Å²) in [7, 11) is 0. The largest absolute Gasteiger partial charge is 0.325 e. The number of pyridine rings is 1. The second-order valence-electron chi connectivity index (χ2n) is 4.87. The number of H-pyrrole nitrogens is 2. The molecule has 0 bridgehead atoms. The summed E-state index contributed by atoms with van der Waals surface area (Å²) >= 11 is 5.21. The van der Waals surface area contributed by atoms with Gasteiger partial charge in [0.1, 0.15) is 0 Å². The molecule has 0 saturated heterocycles. The lowest BCUT2D eigenvalue weighted by atomic mass is 10.1. The van der Waals surface area contributed by atoms with Gasteiger partial charge in [0.15, 0.2) is 10.6 Å². The van der Waals surface area contributed by atoms with Gasteiger partial charge in [-0.2, -0.15) is 5.10 Å². The van der Waals surface area contributed by atoms with Crippen molar-refractivity contribution in [2.24, 2.45) is 0 Å². The van der Waals surface area contributed by atoms with Crippen LogP contribution in [0.2, 0.25) is 0 Å². The summed E-state index contributed by atoms with van der Waals surface area (Å²) in [5.74, 6) is 0.641. The van der Waals surface area contributed by atoms with Crippen molar-refractivity contribution in [2.75, 3.05) is 0 Å². The van der Waals surface area contributed by atoms with Crippen molar-refractivity contribution in [1.29, 1.82) is 0 Å². The Morgan fingerprint density at radius 1 is 1.47 bits per heavy atom. The number of aryl methyl sites for hydroxylation is 2. The molecule has 2 N–H and O–H groups in total. The Morgan fingerprint density at radius 2 is 2.32 bits per heavy atom. The lowest BCUT2D eigenvalue weighted by Crippen LogP contribution is -2.14. The Balaban J connectivity index is 2.17. The number of fused-ring (bicyclic) bond motifs is 1. The molecule has 5 nitrogen and oxygen atoms in total. The van der Waals surface area contributed by atoms with Crippen molar-refractivity contribution in [3.05, 3.63) is 32.4 Å². The van der Waals surface area contributed by atoms with Gasteiger partial charge in [-0.05, 0) is 49.5 Å². The number of aromatic amines is 2. The SMILES string of the molecule is CCCn1c(-c2cc3c([nH]c2=O)CCC3)n[nH]c1=S. The highest BCUT2D eigenvalue weighted by Crippen LogP contribution is 2.22. The fourth-order valence-corrected chi connectivity index (χ4v) is 2.86. The van der Waals surface area contributed by atoms with E-state index in [2.05, 4.69) is 22.1 Å². The van der Waals surface area contributed by atoms with E-state index in [1.54, 1.807) is 0 Å². The number of nitrogens with one attached hydrogen (secondary N) is 2. The first-order valence-corrected chi connectivity index (χ1v) is 7.02. The first-order valence-electron chi connectivity index (χ1n) is 6.61. The lowest BCUT2D eigenvalue weighted by molar-refractivity contribution is 0.674. The van der Waals surface area contributed by atoms with Gasteiger partial charge in [0.2, 0.25) is 0 Å². The molecule has 2 aromatic heterocycles. The van der Waals surface area contributed by atoms with Crippen LogP contribution < -0.4 is 5.56 Å². The van der Waals surface area contributed by atoms with Crippen LogP contribution in [0.4, 0.5) is 0 Å². The van der Waals surface area contributed by atoms with Crippen LogP contribution in [-0.4, -0.2) is 19.7 Å². The van der Waals surface area contributed by atoms with E-state index in [0.717, 1.165) is 37.9 Å². The van der Waals surface area contributed by atoms with Crippen LogP contribution in [0.1, 0.15) is 31.0 Å². The maximum Gasteiger partial charge on any atom is 0.259 e. The second-order valence-corrected chi connectivity index (χ2v) is 5.26. The van der Waals surface area contributed by atoms with E-state index in [1.165, 1.54) is 5.56 Å². The second kappa shape index (κ2) is 4.77. The Labute approximate surface area is 115 Å². The lowest BCUT2D eigenvalue weighted by Gasteiger charge is -2.06. The smallest absolute Gasteiger partial charge is 0.259 e. The molecule has 0 atom stereocenters. The molecule has 0 saturated carbocycles. The quantitative estimate of drug-likeness (QED) is 0.845. The third kappa shape index (κ3) is 2.06. The predicted octanol–water partition coefficient (Wildman–Crippen LogP) is 2.19. The van der Waals surface area contributed by atoms with Crippen molar-refractivity contribution in [1.82, 2.24) is 19.7 Å². The minimum atomic E-state index is -0.0768. The molecule has 0 amide bonds. The molecule has 0 aromatic carbocycles. The Hall–Kier alpha value is -1.69. The van der Waals surface area contributed by atoms with Crippen LogP contribution in [0, 0.1) is 4.77 Å². The summed E-state index contributed by atoms with van der Waals surface area (Å²) < 4.78 is 2.46. The van der Waals surface area contributed by atoms with Crippen molar-refractivity contribution in [2.45, 2.75) is 39.2 Å². The van der Waals surface area contributed by atoms with Crippen LogP contribution >= 0.6 is 12.2 Å². The van der Waals surface area contributed by atoms with Crippen molar-refractivity contribution in [3.8, 4) is 11.4 Å². The molecular weight excluding hydrogens is 260 g/mol. The van der Waals surface area contributed by atoms with Crippen LogP contribution in [0.5, 0.6) is 0 Å². The third-order valence-electron chi connectivity index (χ3n) is 3.53. The van der Waals surface area contributed by atoms with E-state index in [4.69, 9.17) is 12.2 Å². The van der Waals surface area contributed by atoms with Crippen molar-refractivity contribution in [3.63, 3.8) is 0 Å². The van der Waals surface area contributed by atoms with Gasteiger partial charge in [-0.3, -0.25) is 9.89 Å². The fraction of sp³-hybridized carbons (Fsp3) is 0.462. The van der Waals surface area contributed by atoms with Crippen molar-refractivity contribution >= 4 is 12.2 Å². The van der Waals surface area contributed by atoms with Crippen LogP contribution in [0.25, 0.3) is 11.4 Å². The molecule has 19 heavy (non-hydrogen) atoms. The van der Waals surface area contributed by atoms with Crippen molar-refractivity contribution < 1.29 is 0 Å². The third-order valence-corrected chi connectivity index (χ3v) is 3.85. The zero-order valence-electron chi connectivity index (χ0n) is 10.8. The minimum absolute atomic E-state index is 0.0768. The molecule has 0 fully saturated rings. The monoisotopic (exact) mass is 276 g/mol. The van der Waals surface area contributed by atoms with E-state index < -0.39 is 0 Å². The fourth-order valence-electron chi connectivity index (χ4n) is 2.63. The summed E-state index contributed by atoms with van der Waals surface area (Å²) in [5, 5.41) is 7.00. The minimum Gasteiger partial charge on any atom is -0.325 e. The highest BCUT2D eigenvalue weighted by molar-refractivity contribution is 7.71. The molecule has 1 aliphatic rings. The van der Waals surface area contributed by atoms with Gasteiger partial charge in [-0.15, -0.1) is 0 Å². The normalized spacial score (nSPS) is 13.7. The van der Waals surface area contributed by atoms with Gasteiger partial charge in [-0.25, -0.2) is 0 Å². The Kier molecular flexibility index (Phi) is 3.10. The first-order chi connectivity index (χ1) is 9.20. The van der Waals surface area contributed by atoms with E-state index in [9.17, 15) is 4.79 Å². The average molecular weight is 276 g/mol.